The van der Waals surface area contributed by atoms with Crippen LogP contribution in [-0.2, 0) is 4.74 Å². The van der Waals surface area contributed by atoms with Gasteiger partial charge < -0.3 is 19.4 Å². The fourth-order valence-corrected chi connectivity index (χ4v) is 2.86. The minimum absolute atomic E-state index is 0.687. The van der Waals surface area contributed by atoms with Crippen molar-refractivity contribution in [3.63, 3.8) is 0 Å². The molecule has 0 bridgehead atoms. The molecule has 5 heteroatoms. The number of nitrogens with one attached hydrogen (secondary N) is 1. The SMILES string of the molecule is Cc1nc2cc(Nc3ccc(N4CCOCC4)cc3)ccc2o1. The number of morpholine rings is 1. The van der Waals surface area contributed by atoms with Gasteiger partial charge in [0.2, 0.25) is 0 Å². The van der Waals surface area contributed by atoms with Gasteiger partial charge in [0.25, 0.3) is 0 Å². The second-order valence-electron chi connectivity index (χ2n) is 5.69. The van der Waals surface area contributed by atoms with E-state index in [2.05, 4.69) is 39.5 Å². The first-order valence-corrected chi connectivity index (χ1v) is 7.85. The van der Waals surface area contributed by atoms with Crippen LogP contribution in [0.5, 0.6) is 0 Å². The highest BCUT2D eigenvalue weighted by Crippen LogP contribution is 2.24. The van der Waals surface area contributed by atoms with E-state index >= 15 is 0 Å². The Bertz CT molecular complexity index is 805. The van der Waals surface area contributed by atoms with E-state index in [1.54, 1.807) is 0 Å². The van der Waals surface area contributed by atoms with Crippen LogP contribution in [0.2, 0.25) is 0 Å². The summed E-state index contributed by atoms with van der Waals surface area (Å²) in [6, 6.07) is 14.4. The van der Waals surface area contributed by atoms with Crippen LogP contribution in [0.15, 0.2) is 46.9 Å². The van der Waals surface area contributed by atoms with Gasteiger partial charge in [-0.3, -0.25) is 0 Å². The molecule has 4 rings (SSSR count). The maximum atomic E-state index is 5.50. The number of fused-ring (bicyclic) bond motifs is 1. The van der Waals surface area contributed by atoms with Crippen LogP contribution in [0.3, 0.4) is 0 Å². The minimum atomic E-state index is 0.687. The smallest absolute Gasteiger partial charge is 0.192 e. The fourth-order valence-electron chi connectivity index (χ4n) is 2.86. The van der Waals surface area contributed by atoms with Crippen LogP contribution in [0.25, 0.3) is 11.1 Å². The summed E-state index contributed by atoms with van der Waals surface area (Å²) in [5.41, 5.74) is 4.99. The molecule has 0 atom stereocenters. The van der Waals surface area contributed by atoms with Crippen molar-refractivity contribution in [3.8, 4) is 0 Å². The second kappa shape index (κ2) is 5.93. The third-order valence-corrected chi connectivity index (χ3v) is 4.03. The van der Waals surface area contributed by atoms with Crippen LogP contribution in [0, 0.1) is 6.92 Å². The number of aryl methyl sites for hydroxylation is 1. The summed E-state index contributed by atoms with van der Waals surface area (Å²) in [4.78, 5) is 6.71. The number of ether oxygens (including phenoxy) is 1. The summed E-state index contributed by atoms with van der Waals surface area (Å²) < 4.78 is 10.9. The van der Waals surface area contributed by atoms with E-state index in [1.165, 1.54) is 5.69 Å². The highest BCUT2D eigenvalue weighted by Gasteiger charge is 2.10. The first-order valence-electron chi connectivity index (χ1n) is 7.85. The van der Waals surface area contributed by atoms with Crippen molar-refractivity contribution in [2.75, 3.05) is 36.5 Å². The Morgan fingerprint density at radius 3 is 2.52 bits per heavy atom. The summed E-state index contributed by atoms with van der Waals surface area (Å²) in [6.07, 6.45) is 0. The topological polar surface area (TPSA) is 50.5 Å². The molecule has 1 aliphatic heterocycles. The number of rotatable bonds is 3. The number of aromatic nitrogens is 1. The third kappa shape index (κ3) is 3.00. The molecule has 2 heterocycles. The predicted molar refractivity (Wildman–Crippen MR) is 91.5 cm³/mol. The van der Waals surface area contributed by atoms with Gasteiger partial charge in [0, 0.05) is 37.1 Å². The Hall–Kier alpha value is -2.53. The molecule has 1 N–H and O–H groups in total. The van der Waals surface area contributed by atoms with Gasteiger partial charge in [-0.15, -0.1) is 0 Å². The average molecular weight is 309 g/mol. The molecular weight excluding hydrogens is 290 g/mol. The number of hydrogen-bond acceptors (Lipinski definition) is 5. The fraction of sp³-hybridized carbons (Fsp3) is 0.278. The van der Waals surface area contributed by atoms with Gasteiger partial charge in [-0.25, -0.2) is 4.98 Å². The largest absolute Gasteiger partial charge is 0.441 e. The van der Waals surface area contributed by atoms with Crippen LogP contribution in [-0.4, -0.2) is 31.3 Å². The lowest BCUT2D eigenvalue weighted by molar-refractivity contribution is 0.122. The van der Waals surface area contributed by atoms with Gasteiger partial charge in [-0.1, -0.05) is 0 Å². The van der Waals surface area contributed by atoms with E-state index in [0.29, 0.717) is 5.89 Å². The first kappa shape index (κ1) is 14.1. The zero-order valence-electron chi connectivity index (χ0n) is 13.1. The van der Waals surface area contributed by atoms with Gasteiger partial charge in [-0.2, -0.15) is 0 Å². The molecule has 1 fully saturated rings. The van der Waals surface area contributed by atoms with E-state index in [-0.39, 0.29) is 0 Å². The van der Waals surface area contributed by atoms with Gasteiger partial charge in [0.05, 0.1) is 13.2 Å². The lowest BCUT2D eigenvalue weighted by atomic mass is 10.2. The minimum Gasteiger partial charge on any atom is -0.441 e. The zero-order valence-corrected chi connectivity index (χ0v) is 13.1. The first-order chi connectivity index (χ1) is 11.3. The second-order valence-corrected chi connectivity index (χ2v) is 5.69. The molecule has 5 nitrogen and oxygen atoms in total. The van der Waals surface area contributed by atoms with Crippen LogP contribution < -0.4 is 10.2 Å². The van der Waals surface area contributed by atoms with Gasteiger partial charge >= 0.3 is 0 Å². The van der Waals surface area contributed by atoms with Crippen molar-refractivity contribution in [2.24, 2.45) is 0 Å². The molecule has 2 aromatic carbocycles. The van der Waals surface area contributed by atoms with Crippen molar-refractivity contribution in [1.29, 1.82) is 0 Å². The Balaban J connectivity index is 1.50. The highest BCUT2D eigenvalue weighted by atomic mass is 16.5. The van der Waals surface area contributed by atoms with Crippen molar-refractivity contribution in [3.05, 3.63) is 48.4 Å². The van der Waals surface area contributed by atoms with Gasteiger partial charge in [-0.05, 0) is 42.5 Å². The molecule has 3 aromatic rings. The molecule has 1 saturated heterocycles. The van der Waals surface area contributed by atoms with Crippen molar-refractivity contribution in [2.45, 2.75) is 6.92 Å². The van der Waals surface area contributed by atoms with Crippen molar-refractivity contribution >= 4 is 28.2 Å². The molecule has 0 aliphatic carbocycles. The van der Waals surface area contributed by atoms with Crippen molar-refractivity contribution < 1.29 is 9.15 Å². The number of oxazole rings is 1. The zero-order chi connectivity index (χ0) is 15.6. The number of benzene rings is 2. The van der Waals surface area contributed by atoms with E-state index in [1.807, 2.05) is 25.1 Å². The van der Waals surface area contributed by atoms with Gasteiger partial charge in [0.15, 0.2) is 11.5 Å². The van der Waals surface area contributed by atoms with E-state index < -0.39 is 0 Å². The Kier molecular flexibility index (Phi) is 3.63. The van der Waals surface area contributed by atoms with Crippen molar-refractivity contribution in [1.82, 2.24) is 4.98 Å². The summed E-state index contributed by atoms with van der Waals surface area (Å²) in [6.45, 7) is 5.37. The van der Waals surface area contributed by atoms with E-state index in [0.717, 1.165) is 48.8 Å². The molecule has 23 heavy (non-hydrogen) atoms. The molecule has 0 radical (unpaired) electrons. The molecule has 0 amide bonds. The lowest BCUT2D eigenvalue weighted by Crippen LogP contribution is -2.36. The maximum absolute atomic E-state index is 5.50. The molecule has 0 saturated carbocycles. The predicted octanol–water partition coefficient (Wildman–Crippen LogP) is 3.72. The molecular formula is C18H19N3O2. The summed E-state index contributed by atoms with van der Waals surface area (Å²) >= 11 is 0. The quantitative estimate of drug-likeness (QED) is 0.799. The molecule has 1 aromatic heterocycles. The molecule has 0 spiro atoms. The summed E-state index contributed by atoms with van der Waals surface area (Å²) in [5, 5.41) is 3.41. The van der Waals surface area contributed by atoms with E-state index in [9.17, 15) is 0 Å². The maximum Gasteiger partial charge on any atom is 0.192 e. The van der Waals surface area contributed by atoms with Crippen LogP contribution >= 0.6 is 0 Å². The molecule has 118 valence electrons. The van der Waals surface area contributed by atoms with Gasteiger partial charge in [0.1, 0.15) is 5.52 Å². The van der Waals surface area contributed by atoms with E-state index in [4.69, 9.17) is 9.15 Å². The molecule has 1 aliphatic rings. The summed E-state index contributed by atoms with van der Waals surface area (Å²) in [5.74, 6) is 0.687. The molecule has 0 unspecified atom stereocenters. The highest BCUT2D eigenvalue weighted by molar-refractivity contribution is 5.79. The Morgan fingerprint density at radius 2 is 1.74 bits per heavy atom. The monoisotopic (exact) mass is 309 g/mol. The number of nitrogens with zero attached hydrogens (tertiary/aromatic N) is 2. The van der Waals surface area contributed by atoms with Crippen LogP contribution in [0.1, 0.15) is 5.89 Å². The third-order valence-electron chi connectivity index (χ3n) is 4.03. The Labute approximate surface area is 134 Å². The number of hydrogen-bond donors (Lipinski definition) is 1. The van der Waals surface area contributed by atoms with Crippen LogP contribution in [0.4, 0.5) is 17.1 Å². The lowest BCUT2D eigenvalue weighted by Gasteiger charge is -2.28. The Morgan fingerprint density at radius 1 is 1.00 bits per heavy atom. The normalized spacial score (nSPS) is 15.1. The number of anilines is 3. The standard InChI is InChI=1S/C18H19N3O2/c1-13-19-17-12-15(4-7-18(17)23-13)20-14-2-5-16(6-3-14)21-8-10-22-11-9-21/h2-7,12,20H,8-11H2,1H3. The average Bonchev–Trinajstić information content (AvgIpc) is 2.96. The summed E-state index contributed by atoms with van der Waals surface area (Å²) in [7, 11) is 0.